The van der Waals surface area contributed by atoms with E-state index in [1.807, 2.05) is 0 Å². The zero-order valence-corrected chi connectivity index (χ0v) is 16.1. The molecule has 0 aromatic heterocycles. The quantitative estimate of drug-likeness (QED) is 0.506. The first-order chi connectivity index (χ1) is 12.4. The molecule has 0 fully saturated rings. The van der Waals surface area contributed by atoms with E-state index in [9.17, 15) is 9.59 Å². The van der Waals surface area contributed by atoms with Gasteiger partial charge in [0.2, 0.25) is 0 Å². The molecule has 2 aromatic carbocycles. The zero-order valence-electron chi connectivity index (χ0n) is 14.5. The molecule has 7 heteroatoms. The predicted molar refractivity (Wildman–Crippen MR) is 99.6 cm³/mol. The molecule has 1 atom stereocenters. The van der Waals surface area contributed by atoms with Crippen molar-refractivity contribution >= 4 is 35.0 Å². The minimum atomic E-state index is -0.855. The summed E-state index contributed by atoms with van der Waals surface area (Å²) in [6, 6.07) is 9.65. The highest BCUT2D eigenvalue weighted by Gasteiger charge is 2.21. The Labute approximate surface area is 161 Å². The van der Waals surface area contributed by atoms with Crippen molar-refractivity contribution in [2.24, 2.45) is 0 Å². The number of carbonyl (C=O) groups is 2. The normalized spacial score (nSPS) is 11.6. The molecule has 2 rings (SSSR count). The molecule has 5 nitrogen and oxygen atoms in total. The molecule has 0 aliphatic carbocycles. The van der Waals surface area contributed by atoms with Gasteiger partial charge in [0.25, 0.3) is 0 Å². The van der Waals surface area contributed by atoms with Gasteiger partial charge in [0.1, 0.15) is 16.5 Å². The number of methoxy groups -OCH3 is 1. The third-order valence-corrected chi connectivity index (χ3v) is 4.43. The summed E-state index contributed by atoms with van der Waals surface area (Å²) in [5, 5.41) is 0.114. The molecule has 138 valence electrons. The topological polar surface area (TPSA) is 61.8 Å². The van der Waals surface area contributed by atoms with Gasteiger partial charge in [0, 0.05) is 11.1 Å². The fourth-order valence-corrected chi connectivity index (χ4v) is 2.65. The SMILES string of the molecule is CCOC(=O)C(C)Oc1ccc(C(=O)c2ccc(OC)cc2)c(Cl)c1Cl. The average Bonchev–Trinajstić information content (AvgIpc) is 2.65. The first kappa shape index (κ1) is 20.1. The molecule has 0 bridgehead atoms. The number of hydrogen-bond acceptors (Lipinski definition) is 5. The maximum Gasteiger partial charge on any atom is 0.347 e. The molecule has 0 radical (unpaired) electrons. The maximum atomic E-state index is 12.6. The van der Waals surface area contributed by atoms with Gasteiger partial charge < -0.3 is 14.2 Å². The lowest BCUT2D eigenvalue weighted by atomic mass is 10.0. The number of halogens is 2. The number of carbonyl (C=O) groups excluding carboxylic acids is 2. The molecule has 0 saturated carbocycles. The highest BCUT2D eigenvalue weighted by molar-refractivity contribution is 6.45. The summed E-state index contributed by atoms with van der Waals surface area (Å²) in [7, 11) is 1.55. The molecule has 26 heavy (non-hydrogen) atoms. The van der Waals surface area contributed by atoms with Crippen molar-refractivity contribution < 1.29 is 23.8 Å². The molecular weight excluding hydrogens is 379 g/mol. The smallest absolute Gasteiger partial charge is 0.347 e. The van der Waals surface area contributed by atoms with Crippen LogP contribution in [0.25, 0.3) is 0 Å². The van der Waals surface area contributed by atoms with Crippen molar-refractivity contribution in [1.82, 2.24) is 0 Å². The van der Waals surface area contributed by atoms with E-state index >= 15 is 0 Å². The molecule has 0 spiro atoms. The van der Waals surface area contributed by atoms with Crippen molar-refractivity contribution in [3.05, 3.63) is 57.6 Å². The minimum absolute atomic E-state index is 0.0565. The Bertz CT molecular complexity index is 802. The first-order valence-corrected chi connectivity index (χ1v) is 8.64. The van der Waals surface area contributed by atoms with E-state index in [1.165, 1.54) is 12.1 Å². The van der Waals surface area contributed by atoms with E-state index in [-0.39, 0.29) is 33.7 Å². The third-order valence-electron chi connectivity index (χ3n) is 3.57. The van der Waals surface area contributed by atoms with Gasteiger partial charge in [0.15, 0.2) is 11.9 Å². The summed E-state index contributed by atoms with van der Waals surface area (Å²) in [5.41, 5.74) is 0.676. The highest BCUT2D eigenvalue weighted by Crippen LogP contribution is 2.36. The lowest BCUT2D eigenvalue weighted by molar-refractivity contribution is -0.150. The fraction of sp³-hybridized carbons (Fsp3) is 0.263. The maximum absolute atomic E-state index is 12.6. The Hall–Kier alpha value is -2.24. The minimum Gasteiger partial charge on any atom is -0.497 e. The van der Waals surface area contributed by atoms with Gasteiger partial charge >= 0.3 is 5.97 Å². The van der Waals surface area contributed by atoms with Gasteiger partial charge in [0.05, 0.1) is 18.7 Å². The van der Waals surface area contributed by atoms with Crippen LogP contribution >= 0.6 is 23.2 Å². The van der Waals surface area contributed by atoms with Crippen LogP contribution in [0.2, 0.25) is 10.0 Å². The number of rotatable bonds is 7. The van der Waals surface area contributed by atoms with Crippen molar-refractivity contribution in [3.63, 3.8) is 0 Å². The molecule has 0 N–H and O–H groups in total. The molecule has 0 aliphatic heterocycles. The van der Waals surface area contributed by atoms with Crippen LogP contribution in [0, 0.1) is 0 Å². The van der Waals surface area contributed by atoms with Crippen LogP contribution in [0.1, 0.15) is 29.8 Å². The van der Waals surface area contributed by atoms with Gasteiger partial charge in [-0.2, -0.15) is 0 Å². The second kappa shape index (κ2) is 8.92. The highest BCUT2D eigenvalue weighted by atomic mass is 35.5. The molecule has 2 aromatic rings. The zero-order chi connectivity index (χ0) is 19.3. The van der Waals surface area contributed by atoms with E-state index in [2.05, 4.69) is 0 Å². The van der Waals surface area contributed by atoms with Crippen molar-refractivity contribution in [1.29, 1.82) is 0 Å². The summed E-state index contributed by atoms with van der Waals surface area (Å²) in [4.78, 5) is 24.3. The molecule has 0 saturated heterocycles. The standard InChI is InChI=1S/C19H18Cl2O5/c1-4-25-19(23)11(2)26-15-10-9-14(16(20)17(15)21)18(22)12-5-7-13(24-3)8-6-12/h5-11H,4H2,1-3H3. The summed E-state index contributed by atoms with van der Waals surface area (Å²) in [6.45, 7) is 3.49. The van der Waals surface area contributed by atoms with Crippen molar-refractivity contribution in [3.8, 4) is 11.5 Å². The van der Waals surface area contributed by atoms with Crippen LogP contribution in [0.15, 0.2) is 36.4 Å². The van der Waals surface area contributed by atoms with Gasteiger partial charge in [-0.25, -0.2) is 4.79 Å². The van der Waals surface area contributed by atoms with Gasteiger partial charge in [-0.3, -0.25) is 4.79 Å². The predicted octanol–water partition coefficient (Wildman–Crippen LogP) is 4.56. The summed E-state index contributed by atoms with van der Waals surface area (Å²) < 4.78 is 15.4. The molecular formula is C19H18Cl2O5. The number of ketones is 1. The van der Waals surface area contributed by atoms with E-state index in [4.69, 9.17) is 37.4 Å². The Morgan fingerprint density at radius 2 is 1.69 bits per heavy atom. The summed E-state index contributed by atoms with van der Waals surface area (Å²) in [5.74, 6) is 0.0356. The van der Waals surface area contributed by atoms with Crippen LogP contribution in [0.5, 0.6) is 11.5 Å². The van der Waals surface area contributed by atoms with Gasteiger partial charge in [-0.05, 0) is 50.2 Å². The van der Waals surface area contributed by atoms with Crippen molar-refractivity contribution in [2.75, 3.05) is 13.7 Å². The van der Waals surface area contributed by atoms with Gasteiger partial charge in [-0.15, -0.1) is 0 Å². The molecule has 0 amide bonds. The number of esters is 1. The van der Waals surface area contributed by atoms with Crippen LogP contribution in [-0.4, -0.2) is 31.6 Å². The van der Waals surface area contributed by atoms with Crippen LogP contribution in [-0.2, 0) is 9.53 Å². The lowest BCUT2D eigenvalue weighted by Crippen LogP contribution is -2.26. The van der Waals surface area contributed by atoms with E-state index in [0.717, 1.165) is 0 Å². The number of benzene rings is 2. The Balaban J connectivity index is 2.25. The van der Waals surface area contributed by atoms with E-state index in [1.54, 1.807) is 45.2 Å². The second-order valence-electron chi connectivity index (χ2n) is 5.31. The van der Waals surface area contributed by atoms with E-state index in [0.29, 0.717) is 11.3 Å². The summed E-state index contributed by atoms with van der Waals surface area (Å²) >= 11 is 12.5. The molecule has 0 aliphatic rings. The van der Waals surface area contributed by atoms with Crippen molar-refractivity contribution in [2.45, 2.75) is 20.0 Å². The Morgan fingerprint density at radius 1 is 1.04 bits per heavy atom. The first-order valence-electron chi connectivity index (χ1n) is 7.89. The fourth-order valence-electron chi connectivity index (χ4n) is 2.19. The van der Waals surface area contributed by atoms with Crippen LogP contribution in [0.3, 0.4) is 0 Å². The molecule has 0 heterocycles. The number of hydrogen-bond donors (Lipinski definition) is 0. The lowest BCUT2D eigenvalue weighted by Gasteiger charge is -2.16. The van der Waals surface area contributed by atoms with E-state index < -0.39 is 12.1 Å². The van der Waals surface area contributed by atoms with Gasteiger partial charge in [-0.1, -0.05) is 23.2 Å². The third kappa shape index (κ3) is 4.48. The average molecular weight is 397 g/mol. The van der Waals surface area contributed by atoms with Crippen LogP contribution < -0.4 is 9.47 Å². The monoisotopic (exact) mass is 396 g/mol. The molecule has 1 unspecified atom stereocenters. The largest absolute Gasteiger partial charge is 0.497 e. The Kier molecular flexibility index (Phi) is 6.89. The Morgan fingerprint density at radius 3 is 2.27 bits per heavy atom. The number of ether oxygens (including phenoxy) is 3. The second-order valence-corrected chi connectivity index (χ2v) is 6.06. The summed E-state index contributed by atoms with van der Waals surface area (Å²) in [6.07, 6.45) is -0.855. The van der Waals surface area contributed by atoms with Crippen LogP contribution in [0.4, 0.5) is 0 Å².